The van der Waals surface area contributed by atoms with E-state index in [0.717, 1.165) is 33.2 Å². The zero-order valence-corrected chi connectivity index (χ0v) is 16.5. The Morgan fingerprint density at radius 2 is 2.00 bits per heavy atom. The molecule has 4 aromatic rings. The maximum atomic E-state index is 12.9. The maximum absolute atomic E-state index is 12.9. The van der Waals surface area contributed by atoms with Gasteiger partial charge in [0.1, 0.15) is 5.69 Å². The minimum absolute atomic E-state index is 0.131. The summed E-state index contributed by atoms with van der Waals surface area (Å²) in [7, 11) is 0. The second kappa shape index (κ2) is 6.66. The van der Waals surface area contributed by atoms with E-state index in [-0.39, 0.29) is 11.9 Å². The van der Waals surface area contributed by atoms with E-state index in [0.29, 0.717) is 5.69 Å². The number of benzene rings is 1. The molecule has 0 aliphatic heterocycles. The summed E-state index contributed by atoms with van der Waals surface area (Å²) in [4.78, 5) is 18.1. The smallest absolute Gasteiger partial charge is 0.270 e. The number of thiazole rings is 1. The number of fused-ring (bicyclic) bond motifs is 1. The fraction of sp³-hybridized carbons (Fsp3) is 0.250. The van der Waals surface area contributed by atoms with Crippen LogP contribution in [-0.4, -0.2) is 25.1 Å². The van der Waals surface area contributed by atoms with Crippen LogP contribution in [0.5, 0.6) is 0 Å². The Balaban J connectivity index is 1.61. The van der Waals surface area contributed by atoms with Gasteiger partial charge in [-0.3, -0.25) is 9.20 Å². The van der Waals surface area contributed by atoms with Gasteiger partial charge in [-0.2, -0.15) is 5.10 Å². The molecule has 1 amide bonds. The van der Waals surface area contributed by atoms with Crippen LogP contribution in [0.4, 0.5) is 0 Å². The van der Waals surface area contributed by atoms with Crippen LogP contribution in [0.15, 0.2) is 42.0 Å². The summed E-state index contributed by atoms with van der Waals surface area (Å²) in [5.74, 6) is -0.131. The lowest BCUT2D eigenvalue weighted by atomic mass is 10.1. The lowest BCUT2D eigenvalue weighted by Gasteiger charge is -2.15. The third-order valence-electron chi connectivity index (χ3n) is 4.86. The van der Waals surface area contributed by atoms with Gasteiger partial charge in [0.15, 0.2) is 4.96 Å². The number of nitrogens with one attached hydrogen (secondary N) is 1. The molecule has 1 atom stereocenters. The number of amides is 1. The first-order valence-electron chi connectivity index (χ1n) is 8.81. The molecule has 1 aromatic carbocycles. The second-order valence-electron chi connectivity index (χ2n) is 6.68. The number of para-hydroxylation sites is 1. The second-order valence-corrected chi connectivity index (χ2v) is 7.55. The van der Waals surface area contributed by atoms with Crippen LogP contribution in [0.3, 0.4) is 0 Å². The number of carbonyl (C=O) groups is 1. The highest BCUT2D eigenvalue weighted by Crippen LogP contribution is 2.23. The van der Waals surface area contributed by atoms with Crippen LogP contribution in [0.1, 0.15) is 46.0 Å². The summed E-state index contributed by atoms with van der Waals surface area (Å²) in [5.41, 5.74) is 5.53. The Morgan fingerprint density at radius 3 is 2.78 bits per heavy atom. The van der Waals surface area contributed by atoms with Crippen molar-refractivity contribution in [1.82, 2.24) is 24.5 Å². The van der Waals surface area contributed by atoms with E-state index in [2.05, 4.69) is 28.4 Å². The number of hydrogen-bond acceptors (Lipinski definition) is 4. The molecule has 138 valence electrons. The van der Waals surface area contributed by atoms with Crippen molar-refractivity contribution < 1.29 is 4.79 Å². The molecule has 27 heavy (non-hydrogen) atoms. The molecule has 0 saturated heterocycles. The lowest BCUT2D eigenvalue weighted by Crippen LogP contribution is -2.28. The highest BCUT2D eigenvalue weighted by molar-refractivity contribution is 7.15. The molecule has 0 aliphatic rings. The zero-order valence-electron chi connectivity index (χ0n) is 15.7. The zero-order chi connectivity index (χ0) is 19.1. The van der Waals surface area contributed by atoms with Gasteiger partial charge in [0.25, 0.3) is 5.91 Å². The number of aryl methyl sites for hydroxylation is 2. The Hall–Kier alpha value is -2.93. The normalized spacial score (nSPS) is 12.4. The Labute approximate surface area is 161 Å². The van der Waals surface area contributed by atoms with Crippen molar-refractivity contribution in [3.8, 4) is 5.69 Å². The van der Waals surface area contributed by atoms with Gasteiger partial charge in [0, 0.05) is 22.8 Å². The summed E-state index contributed by atoms with van der Waals surface area (Å²) in [5, 5.41) is 9.57. The van der Waals surface area contributed by atoms with Crippen molar-refractivity contribution in [1.29, 1.82) is 0 Å². The molecule has 0 saturated carbocycles. The molecule has 3 aromatic heterocycles. The molecule has 0 fully saturated rings. The molecular formula is C20H21N5OS. The summed E-state index contributed by atoms with van der Waals surface area (Å²) in [6, 6.07) is 7.96. The molecule has 0 aliphatic carbocycles. The fourth-order valence-electron chi connectivity index (χ4n) is 3.40. The van der Waals surface area contributed by atoms with Gasteiger partial charge in [-0.15, -0.1) is 11.3 Å². The van der Waals surface area contributed by atoms with Gasteiger partial charge < -0.3 is 5.32 Å². The van der Waals surface area contributed by atoms with Crippen molar-refractivity contribution in [2.45, 2.75) is 33.7 Å². The standard InChI is InChI=1S/C20H21N5OS/c1-12-7-5-6-8-17(12)25-15(4)16(11-21-25)13(2)22-19(26)18-14(3)23-20-24(18)9-10-27-20/h5-11,13H,1-4H3,(H,22,26)/t13-/m0/s1. The Morgan fingerprint density at radius 1 is 1.22 bits per heavy atom. The van der Waals surface area contributed by atoms with Crippen LogP contribution in [0.25, 0.3) is 10.6 Å². The van der Waals surface area contributed by atoms with Crippen molar-refractivity contribution in [2.24, 2.45) is 0 Å². The summed E-state index contributed by atoms with van der Waals surface area (Å²) < 4.78 is 3.76. The van der Waals surface area contributed by atoms with Gasteiger partial charge in [-0.1, -0.05) is 18.2 Å². The highest BCUT2D eigenvalue weighted by Gasteiger charge is 2.21. The predicted octanol–water partition coefficient (Wildman–Crippen LogP) is 4.00. The molecule has 0 bridgehead atoms. The van der Waals surface area contributed by atoms with E-state index in [1.807, 2.05) is 65.8 Å². The quantitative estimate of drug-likeness (QED) is 0.583. The maximum Gasteiger partial charge on any atom is 0.270 e. The fourth-order valence-corrected chi connectivity index (χ4v) is 4.16. The average molecular weight is 379 g/mol. The van der Waals surface area contributed by atoms with Crippen molar-refractivity contribution in [3.63, 3.8) is 0 Å². The molecule has 1 N–H and O–H groups in total. The monoisotopic (exact) mass is 379 g/mol. The first-order valence-corrected chi connectivity index (χ1v) is 9.69. The molecule has 3 heterocycles. The summed E-state index contributed by atoms with van der Waals surface area (Å²) in [6.07, 6.45) is 3.71. The number of imidazole rings is 1. The van der Waals surface area contributed by atoms with E-state index < -0.39 is 0 Å². The van der Waals surface area contributed by atoms with Crippen LogP contribution >= 0.6 is 11.3 Å². The van der Waals surface area contributed by atoms with E-state index in [1.54, 1.807) is 0 Å². The molecule has 4 rings (SSSR count). The van der Waals surface area contributed by atoms with Gasteiger partial charge in [-0.25, -0.2) is 9.67 Å². The first kappa shape index (κ1) is 17.5. The molecule has 0 radical (unpaired) electrons. The van der Waals surface area contributed by atoms with Gasteiger partial charge in [-0.05, 0) is 39.3 Å². The Bertz CT molecular complexity index is 1140. The third kappa shape index (κ3) is 2.94. The largest absolute Gasteiger partial charge is 0.344 e. The SMILES string of the molecule is Cc1ccccc1-n1ncc([C@H](C)NC(=O)c2c(C)nc3sccn23)c1C. The molecule has 0 unspecified atom stereocenters. The van der Waals surface area contributed by atoms with E-state index in [9.17, 15) is 4.79 Å². The van der Waals surface area contributed by atoms with Crippen LogP contribution in [-0.2, 0) is 0 Å². The number of carbonyl (C=O) groups excluding carboxylic acids is 1. The van der Waals surface area contributed by atoms with Crippen LogP contribution in [0, 0.1) is 20.8 Å². The topological polar surface area (TPSA) is 64.2 Å². The minimum Gasteiger partial charge on any atom is -0.344 e. The predicted molar refractivity (Wildman–Crippen MR) is 107 cm³/mol. The number of nitrogens with zero attached hydrogens (tertiary/aromatic N) is 4. The van der Waals surface area contributed by atoms with E-state index >= 15 is 0 Å². The third-order valence-corrected chi connectivity index (χ3v) is 5.61. The summed E-state index contributed by atoms with van der Waals surface area (Å²) >= 11 is 1.52. The molecule has 0 spiro atoms. The van der Waals surface area contributed by atoms with Crippen molar-refractivity contribution in [2.75, 3.05) is 0 Å². The first-order chi connectivity index (χ1) is 13.0. The van der Waals surface area contributed by atoms with Gasteiger partial charge in [0.05, 0.1) is 23.6 Å². The van der Waals surface area contributed by atoms with Crippen LogP contribution in [0.2, 0.25) is 0 Å². The molecule has 7 heteroatoms. The lowest BCUT2D eigenvalue weighted by molar-refractivity contribution is 0.0933. The Kier molecular flexibility index (Phi) is 4.31. The van der Waals surface area contributed by atoms with Gasteiger partial charge in [0.2, 0.25) is 0 Å². The van der Waals surface area contributed by atoms with Crippen molar-refractivity contribution in [3.05, 3.63) is 70.2 Å². The number of hydrogen-bond donors (Lipinski definition) is 1. The number of aromatic nitrogens is 4. The van der Waals surface area contributed by atoms with E-state index in [4.69, 9.17) is 0 Å². The molecule has 6 nitrogen and oxygen atoms in total. The van der Waals surface area contributed by atoms with Crippen molar-refractivity contribution >= 4 is 22.2 Å². The molecular weight excluding hydrogens is 358 g/mol. The van der Waals surface area contributed by atoms with Crippen LogP contribution < -0.4 is 5.32 Å². The highest BCUT2D eigenvalue weighted by atomic mass is 32.1. The van der Waals surface area contributed by atoms with E-state index in [1.165, 1.54) is 11.3 Å². The van der Waals surface area contributed by atoms with Gasteiger partial charge >= 0.3 is 0 Å². The minimum atomic E-state index is -0.168. The number of rotatable bonds is 4. The summed E-state index contributed by atoms with van der Waals surface area (Å²) in [6.45, 7) is 7.93. The average Bonchev–Trinajstić information content (AvgIpc) is 3.29.